The molecule has 0 saturated carbocycles. The van der Waals surface area contributed by atoms with Gasteiger partial charge in [-0.15, -0.1) is 0 Å². The molecule has 0 aliphatic heterocycles. The number of halogens is 3. The molecule has 116 valence electrons. The fourth-order valence-corrected chi connectivity index (χ4v) is 1.81. The zero-order valence-corrected chi connectivity index (χ0v) is 10.8. The van der Waals surface area contributed by atoms with Crippen LogP contribution in [0.5, 0.6) is 0 Å². The van der Waals surface area contributed by atoms with E-state index in [0.29, 0.717) is 12.1 Å². The lowest BCUT2D eigenvalue weighted by molar-refractivity contribution is -0.385. The summed E-state index contributed by atoms with van der Waals surface area (Å²) in [5, 5.41) is 19.3. The third-order valence-electron chi connectivity index (χ3n) is 2.82. The molecule has 0 aliphatic rings. The third kappa shape index (κ3) is 5.03. The molecule has 0 aliphatic carbocycles. The maximum Gasteiger partial charge on any atom is 0.416 e. The summed E-state index contributed by atoms with van der Waals surface area (Å²) in [7, 11) is 0. The molecule has 0 spiro atoms. The van der Waals surface area contributed by atoms with Crippen LogP contribution in [-0.2, 0) is 17.4 Å². The van der Waals surface area contributed by atoms with Crippen molar-refractivity contribution < 1.29 is 28.0 Å². The van der Waals surface area contributed by atoms with E-state index in [9.17, 15) is 28.1 Å². The van der Waals surface area contributed by atoms with Crippen molar-refractivity contribution >= 4 is 11.7 Å². The van der Waals surface area contributed by atoms with Gasteiger partial charge in [0.05, 0.1) is 16.9 Å². The normalized spacial score (nSPS) is 13.0. The maximum atomic E-state index is 12.6. The maximum absolute atomic E-state index is 12.6. The van der Waals surface area contributed by atoms with Crippen LogP contribution in [0.1, 0.15) is 24.0 Å². The molecule has 1 aromatic rings. The van der Waals surface area contributed by atoms with Crippen LogP contribution in [0.4, 0.5) is 18.9 Å². The molecular formula is C12H13F3N2O4. The second kappa shape index (κ2) is 6.53. The van der Waals surface area contributed by atoms with Crippen LogP contribution < -0.4 is 5.73 Å². The summed E-state index contributed by atoms with van der Waals surface area (Å²) < 4.78 is 37.8. The minimum atomic E-state index is -4.60. The SMILES string of the molecule is NC(CCc1cc(C(F)(F)F)ccc1[N+](=O)[O-])CC(=O)O. The molecule has 0 heterocycles. The van der Waals surface area contributed by atoms with E-state index in [1.165, 1.54) is 0 Å². The van der Waals surface area contributed by atoms with E-state index in [-0.39, 0.29) is 24.8 Å². The summed E-state index contributed by atoms with van der Waals surface area (Å²) in [5.74, 6) is -1.14. The highest BCUT2D eigenvalue weighted by molar-refractivity contribution is 5.67. The number of nitrogens with zero attached hydrogens (tertiary/aromatic N) is 1. The van der Waals surface area contributed by atoms with Crippen molar-refractivity contribution in [2.45, 2.75) is 31.5 Å². The quantitative estimate of drug-likeness (QED) is 0.619. The average molecular weight is 306 g/mol. The monoisotopic (exact) mass is 306 g/mol. The molecule has 0 radical (unpaired) electrons. The zero-order chi connectivity index (χ0) is 16.2. The Bertz CT molecular complexity index is 546. The van der Waals surface area contributed by atoms with E-state index in [1.54, 1.807) is 0 Å². The molecule has 1 aromatic carbocycles. The van der Waals surface area contributed by atoms with E-state index < -0.39 is 34.4 Å². The highest BCUT2D eigenvalue weighted by atomic mass is 19.4. The summed E-state index contributed by atoms with van der Waals surface area (Å²) in [6, 6.07) is 1.35. The Kier molecular flexibility index (Phi) is 5.25. The summed E-state index contributed by atoms with van der Waals surface area (Å²) in [5.41, 5.74) is 3.95. The molecule has 0 saturated heterocycles. The molecule has 0 fully saturated rings. The number of nitro benzene ring substituents is 1. The fraction of sp³-hybridized carbons (Fsp3) is 0.417. The fourth-order valence-electron chi connectivity index (χ4n) is 1.81. The summed E-state index contributed by atoms with van der Waals surface area (Å²) in [6.07, 6.45) is -5.02. The Hall–Kier alpha value is -2.16. The Morgan fingerprint density at radius 1 is 1.43 bits per heavy atom. The van der Waals surface area contributed by atoms with Crippen LogP contribution in [0, 0.1) is 10.1 Å². The van der Waals surface area contributed by atoms with Crippen LogP contribution in [0.25, 0.3) is 0 Å². The predicted octanol–water partition coefficient (Wildman–Crippen LogP) is 2.35. The predicted molar refractivity (Wildman–Crippen MR) is 66.6 cm³/mol. The van der Waals surface area contributed by atoms with Gasteiger partial charge in [0, 0.05) is 17.7 Å². The molecule has 0 amide bonds. The van der Waals surface area contributed by atoms with Gasteiger partial charge in [-0.1, -0.05) is 0 Å². The second-order valence-corrected chi connectivity index (χ2v) is 4.49. The Labute approximate surface area is 117 Å². The lowest BCUT2D eigenvalue weighted by Crippen LogP contribution is -2.24. The molecule has 3 N–H and O–H groups in total. The summed E-state index contributed by atoms with van der Waals surface area (Å²) >= 11 is 0. The number of rotatable bonds is 6. The van der Waals surface area contributed by atoms with Gasteiger partial charge in [-0.05, 0) is 25.0 Å². The Morgan fingerprint density at radius 2 is 2.05 bits per heavy atom. The Morgan fingerprint density at radius 3 is 2.52 bits per heavy atom. The lowest BCUT2D eigenvalue weighted by atomic mass is 10.00. The number of carbonyl (C=O) groups is 1. The number of aliphatic carboxylic acids is 1. The van der Waals surface area contributed by atoms with Crippen LogP contribution in [0.2, 0.25) is 0 Å². The number of hydrogen-bond donors (Lipinski definition) is 2. The minimum Gasteiger partial charge on any atom is -0.481 e. The number of alkyl halides is 3. The first-order chi connectivity index (χ1) is 9.61. The molecular weight excluding hydrogens is 293 g/mol. The number of hydrogen-bond acceptors (Lipinski definition) is 4. The van der Waals surface area contributed by atoms with Gasteiger partial charge in [0.25, 0.3) is 5.69 Å². The average Bonchev–Trinajstić information content (AvgIpc) is 2.33. The number of aryl methyl sites for hydroxylation is 1. The third-order valence-corrected chi connectivity index (χ3v) is 2.82. The molecule has 1 unspecified atom stereocenters. The molecule has 1 atom stereocenters. The van der Waals surface area contributed by atoms with Crippen LogP contribution in [0.3, 0.4) is 0 Å². The Balaban J connectivity index is 2.96. The van der Waals surface area contributed by atoms with E-state index in [4.69, 9.17) is 10.8 Å². The van der Waals surface area contributed by atoms with Crippen molar-refractivity contribution in [3.05, 3.63) is 39.4 Å². The summed E-state index contributed by atoms with van der Waals surface area (Å²) in [4.78, 5) is 20.5. The summed E-state index contributed by atoms with van der Waals surface area (Å²) in [6.45, 7) is 0. The number of nitro groups is 1. The first-order valence-corrected chi connectivity index (χ1v) is 5.93. The first-order valence-electron chi connectivity index (χ1n) is 5.93. The molecule has 9 heteroatoms. The van der Waals surface area contributed by atoms with E-state index in [0.717, 1.165) is 6.07 Å². The van der Waals surface area contributed by atoms with Gasteiger partial charge < -0.3 is 10.8 Å². The van der Waals surface area contributed by atoms with Gasteiger partial charge >= 0.3 is 12.1 Å². The van der Waals surface area contributed by atoms with Crippen LogP contribution in [-0.4, -0.2) is 22.0 Å². The molecule has 0 bridgehead atoms. The second-order valence-electron chi connectivity index (χ2n) is 4.49. The number of carboxylic acids is 1. The van der Waals surface area contributed by atoms with Crippen molar-refractivity contribution in [3.63, 3.8) is 0 Å². The number of nitrogens with two attached hydrogens (primary N) is 1. The molecule has 6 nitrogen and oxygen atoms in total. The number of carboxylic acid groups (broad SMARTS) is 1. The van der Waals surface area contributed by atoms with Crippen molar-refractivity contribution in [2.75, 3.05) is 0 Å². The number of benzene rings is 1. The van der Waals surface area contributed by atoms with Crippen molar-refractivity contribution in [3.8, 4) is 0 Å². The van der Waals surface area contributed by atoms with Crippen molar-refractivity contribution in [1.82, 2.24) is 0 Å². The van der Waals surface area contributed by atoms with Gasteiger partial charge in [-0.25, -0.2) is 0 Å². The van der Waals surface area contributed by atoms with E-state index in [2.05, 4.69) is 0 Å². The van der Waals surface area contributed by atoms with Crippen molar-refractivity contribution in [1.29, 1.82) is 0 Å². The smallest absolute Gasteiger partial charge is 0.416 e. The van der Waals surface area contributed by atoms with Gasteiger partial charge in [-0.2, -0.15) is 13.2 Å². The lowest BCUT2D eigenvalue weighted by Gasteiger charge is -2.11. The van der Waals surface area contributed by atoms with Crippen molar-refractivity contribution in [2.24, 2.45) is 5.73 Å². The van der Waals surface area contributed by atoms with E-state index in [1.807, 2.05) is 0 Å². The standard InChI is InChI=1S/C12H13F3N2O4/c13-12(14,15)8-2-4-10(17(20)21)7(5-8)1-3-9(16)6-11(18)19/h2,4-5,9H,1,3,6,16H2,(H,18,19). The largest absolute Gasteiger partial charge is 0.481 e. The van der Waals surface area contributed by atoms with E-state index >= 15 is 0 Å². The minimum absolute atomic E-state index is 0.0362. The van der Waals surface area contributed by atoms with Crippen LogP contribution in [0.15, 0.2) is 18.2 Å². The van der Waals surface area contributed by atoms with Gasteiger partial charge in [0.1, 0.15) is 0 Å². The van der Waals surface area contributed by atoms with Gasteiger partial charge in [0.2, 0.25) is 0 Å². The van der Waals surface area contributed by atoms with Gasteiger partial charge in [-0.3, -0.25) is 14.9 Å². The zero-order valence-electron chi connectivity index (χ0n) is 10.8. The highest BCUT2D eigenvalue weighted by Gasteiger charge is 2.32. The molecule has 1 rings (SSSR count). The van der Waals surface area contributed by atoms with Gasteiger partial charge in [0.15, 0.2) is 0 Å². The first kappa shape index (κ1) is 16.9. The topological polar surface area (TPSA) is 106 Å². The molecule has 0 aromatic heterocycles. The van der Waals surface area contributed by atoms with Crippen LogP contribution >= 0.6 is 0 Å². The molecule has 21 heavy (non-hydrogen) atoms. The highest BCUT2D eigenvalue weighted by Crippen LogP contribution is 2.33.